The second-order valence-corrected chi connectivity index (χ2v) is 8.97. The largest absolute Gasteiger partial charge is 0.378 e. The van der Waals surface area contributed by atoms with E-state index in [-0.39, 0.29) is 48.0 Å². The van der Waals surface area contributed by atoms with Crippen LogP contribution in [-0.2, 0) is 19.4 Å². The van der Waals surface area contributed by atoms with E-state index in [1.807, 2.05) is 6.92 Å². The SMILES string of the molecule is CCOC1CC(NC(=O)C(N)CCS(C)(=O)=O)C12CCCC2.Cl. The summed E-state index contributed by atoms with van der Waals surface area (Å²) in [6.45, 7) is 2.69. The Morgan fingerprint density at radius 1 is 1.39 bits per heavy atom. The minimum absolute atomic E-state index is 0. The van der Waals surface area contributed by atoms with Crippen LogP contribution in [0.3, 0.4) is 0 Å². The molecule has 0 radical (unpaired) electrons. The highest BCUT2D eigenvalue weighted by molar-refractivity contribution is 7.90. The summed E-state index contributed by atoms with van der Waals surface area (Å²) in [6, 6.07) is -0.650. The fourth-order valence-electron chi connectivity index (χ4n) is 3.84. The van der Waals surface area contributed by atoms with Gasteiger partial charge in [0.15, 0.2) is 0 Å². The van der Waals surface area contributed by atoms with Crippen molar-refractivity contribution in [2.45, 2.75) is 63.6 Å². The van der Waals surface area contributed by atoms with Crippen LogP contribution in [0, 0.1) is 5.41 Å². The first-order valence-corrected chi connectivity index (χ1v) is 10.2. The lowest BCUT2D eigenvalue weighted by molar-refractivity contribution is -0.144. The van der Waals surface area contributed by atoms with Crippen molar-refractivity contribution in [2.75, 3.05) is 18.6 Å². The maximum absolute atomic E-state index is 12.2. The first-order valence-electron chi connectivity index (χ1n) is 8.14. The van der Waals surface area contributed by atoms with Gasteiger partial charge in [-0.2, -0.15) is 0 Å². The number of nitrogens with two attached hydrogens (primary N) is 1. The van der Waals surface area contributed by atoms with Crippen molar-refractivity contribution in [2.24, 2.45) is 11.1 Å². The molecule has 0 aliphatic heterocycles. The van der Waals surface area contributed by atoms with Gasteiger partial charge in [0.1, 0.15) is 9.84 Å². The number of hydrogen-bond acceptors (Lipinski definition) is 5. The molecule has 3 atom stereocenters. The number of amides is 1. The van der Waals surface area contributed by atoms with Crippen LogP contribution in [0.2, 0.25) is 0 Å². The van der Waals surface area contributed by atoms with Crippen molar-refractivity contribution in [1.82, 2.24) is 5.32 Å². The molecule has 2 aliphatic carbocycles. The van der Waals surface area contributed by atoms with Crippen molar-refractivity contribution in [3.05, 3.63) is 0 Å². The van der Waals surface area contributed by atoms with Gasteiger partial charge in [-0.3, -0.25) is 4.79 Å². The molecule has 8 heteroatoms. The molecule has 3 N–H and O–H groups in total. The molecular formula is C15H29ClN2O4S. The standard InChI is InChI=1S/C15H28N2O4S.ClH/c1-3-21-13-10-12(15(13)7-4-5-8-15)17-14(18)11(16)6-9-22(2,19)20;/h11-13H,3-10,16H2,1-2H3,(H,17,18);1H. The molecule has 23 heavy (non-hydrogen) atoms. The lowest BCUT2D eigenvalue weighted by atomic mass is 9.60. The molecule has 2 rings (SSSR count). The van der Waals surface area contributed by atoms with Crippen molar-refractivity contribution in [1.29, 1.82) is 0 Å². The van der Waals surface area contributed by atoms with Gasteiger partial charge in [0.05, 0.1) is 17.9 Å². The Morgan fingerprint density at radius 2 is 2.00 bits per heavy atom. The highest BCUT2D eigenvalue weighted by Crippen LogP contribution is 2.54. The molecule has 1 spiro atoms. The second kappa shape index (κ2) is 8.14. The summed E-state index contributed by atoms with van der Waals surface area (Å²) < 4.78 is 28.1. The van der Waals surface area contributed by atoms with Gasteiger partial charge >= 0.3 is 0 Å². The van der Waals surface area contributed by atoms with E-state index in [9.17, 15) is 13.2 Å². The molecule has 0 saturated heterocycles. The molecule has 136 valence electrons. The van der Waals surface area contributed by atoms with Gasteiger partial charge < -0.3 is 15.8 Å². The third-order valence-corrected chi connectivity index (χ3v) is 6.12. The summed E-state index contributed by atoms with van der Waals surface area (Å²) >= 11 is 0. The lowest BCUT2D eigenvalue weighted by Crippen LogP contribution is -2.65. The van der Waals surface area contributed by atoms with Gasteiger partial charge in [-0.15, -0.1) is 12.4 Å². The molecule has 2 fully saturated rings. The van der Waals surface area contributed by atoms with Crippen LogP contribution in [0.4, 0.5) is 0 Å². The summed E-state index contributed by atoms with van der Waals surface area (Å²) in [5, 5.41) is 3.03. The molecule has 0 bridgehead atoms. The number of sulfone groups is 1. The predicted octanol–water partition coefficient (Wildman–Crippen LogP) is 1.02. The van der Waals surface area contributed by atoms with Gasteiger partial charge in [0.25, 0.3) is 0 Å². The summed E-state index contributed by atoms with van der Waals surface area (Å²) in [7, 11) is -3.09. The van der Waals surface area contributed by atoms with E-state index < -0.39 is 15.9 Å². The number of ether oxygens (including phenoxy) is 1. The number of hydrogen-bond donors (Lipinski definition) is 2. The van der Waals surface area contributed by atoms with Gasteiger partial charge in [-0.1, -0.05) is 12.8 Å². The first kappa shape index (κ1) is 20.7. The molecule has 6 nitrogen and oxygen atoms in total. The highest BCUT2D eigenvalue weighted by atomic mass is 35.5. The fraction of sp³-hybridized carbons (Fsp3) is 0.933. The second-order valence-electron chi connectivity index (χ2n) is 6.71. The molecule has 3 unspecified atom stereocenters. The number of rotatable bonds is 7. The van der Waals surface area contributed by atoms with Gasteiger partial charge in [-0.05, 0) is 32.6 Å². The van der Waals surface area contributed by atoms with E-state index in [4.69, 9.17) is 10.5 Å². The van der Waals surface area contributed by atoms with Crippen LogP contribution in [0.25, 0.3) is 0 Å². The monoisotopic (exact) mass is 368 g/mol. The van der Waals surface area contributed by atoms with Crippen LogP contribution >= 0.6 is 12.4 Å². The Hall–Kier alpha value is -0.370. The minimum Gasteiger partial charge on any atom is -0.378 e. The summed E-state index contributed by atoms with van der Waals surface area (Å²) in [4.78, 5) is 12.2. The molecule has 2 aliphatic rings. The average Bonchev–Trinajstić information content (AvgIpc) is 2.95. The van der Waals surface area contributed by atoms with Crippen LogP contribution in [0.5, 0.6) is 0 Å². The summed E-state index contributed by atoms with van der Waals surface area (Å²) in [5.74, 6) is -0.297. The first-order chi connectivity index (χ1) is 10.3. The van der Waals surface area contributed by atoms with Gasteiger partial charge in [0.2, 0.25) is 5.91 Å². The third kappa shape index (κ3) is 4.81. The topological polar surface area (TPSA) is 98.5 Å². The Morgan fingerprint density at radius 3 is 2.52 bits per heavy atom. The van der Waals surface area contributed by atoms with Gasteiger partial charge in [0, 0.05) is 24.3 Å². The van der Waals surface area contributed by atoms with Crippen molar-refractivity contribution >= 4 is 28.2 Å². The maximum Gasteiger partial charge on any atom is 0.237 e. The molecule has 2 saturated carbocycles. The molecule has 0 aromatic rings. The molecule has 1 amide bonds. The summed E-state index contributed by atoms with van der Waals surface area (Å²) in [6.07, 6.45) is 6.91. The molecule has 0 aromatic heterocycles. The highest BCUT2D eigenvalue weighted by Gasteiger charge is 2.57. The Kier molecular flexibility index (Phi) is 7.32. The zero-order valence-electron chi connectivity index (χ0n) is 13.9. The van der Waals surface area contributed by atoms with Crippen LogP contribution in [0.1, 0.15) is 45.4 Å². The predicted molar refractivity (Wildman–Crippen MR) is 92.4 cm³/mol. The van der Waals surface area contributed by atoms with Crippen LogP contribution in [0.15, 0.2) is 0 Å². The number of nitrogens with one attached hydrogen (secondary N) is 1. The number of carbonyl (C=O) groups excluding carboxylic acids is 1. The van der Waals surface area contributed by atoms with E-state index in [0.717, 1.165) is 25.5 Å². The summed E-state index contributed by atoms with van der Waals surface area (Å²) in [5.41, 5.74) is 5.90. The van der Waals surface area contributed by atoms with Gasteiger partial charge in [-0.25, -0.2) is 8.42 Å². The zero-order chi connectivity index (χ0) is 16.4. The van der Waals surface area contributed by atoms with Crippen LogP contribution in [-0.4, -0.2) is 51.1 Å². The smallest absolute Gasteiger partial charge is 0.237 e. The number of carbonyl (C=O) groups is 1. The molecular weight excluding hydrogens is 340 g/mol. The Balaban J connectivity index is 0.00000264. The van der Waals surface area contributed by atoms with Crippen molar-refractivity contribution in [3.8, 4) is 0 Å². The van der Waals surface area contributed by atoms with Crippen molar-refractivity contribution in [3.63, 3.8) is 0 Å². The van der Waals surface area contributed by atoms with E-state index in [1.165, 1.54) is 12.8 Å². The average molecular weight is 369 g/mol. The van der Waals surface area contributed by atoms with E-state index in [1.54, 1.807) is 0 Å². The van der Waals surface area contributed by atoms with Crippen LogP contribution < -0.4 is 11.1 Å². The van der Waals surface area contributed by atoms with E-state index in [0.29, 0.717) is 6.61 Å². The number of halogens is 1. The fourth-order valence-corrected chi connectivity index (χ4v) is 4.52. The maximum atomic E-state index is 12.2. The molecule has 0 aromatic carbocycles. The zero-order valence-corrected chi connectivity index (χ0v) is 15.5. The van der Waals surface area contributed by atoms with E-state index >= 15 is 0 Å². The lowest BCUT2D eigenvalue weighted by Gasteiger charge is -2.54. The van der Waals surface area contributed by atoms with E-state index in [2.05, 4.69) is 5.32 Å². The minimum atomic E-state index is -3.09. The Labute approximate surface area is 145 Å². The normalized spacial score (nSPS) is 27.1. The molecule has 0 heterocycles. The Bertz CT molecular complexity index is 506. The third-order valence-electron chi connectivity index (χ3n) is 5.14. The quantitative estimate of drug-likeness (QED) is 0.699. The van der Waals surface area contributed by atoms with Crippen molar-refractivity contribution < 1.29 is 17.9 Å².